The van der Waals surface area contributed by atoms with Crippen molar-refractivity contribution in [1.29, 1.82) is 0 Å². The molecule has 2 aliphatic rings. The summed E-state index contributed by atoms with van der Waals surface area (Å²) in [6, 6.07) is 7.33. The fourth-order valence-corrected chi connectivity index (χ4v) is 2.83. The predicted molar refractivity (Wildman–Crippen MR) is 71.6 cm³/mol. The quantitative estimate of drug-likeness (QED) is 0.660. The van der Waals surface area contributed by atoms with Gasteiger partial charge < -0.3 is 0 Å². The molecule has 0 aromatic heterocycles. The maximum atomic E-state index is 11.8. The molecule has 0 radical (unpaired) electrons. The van der Waals surface area contributed by atoms with Crippen molar-refractivity contribution in [2.75, 3.05) is 0 Å². The lowest BCUT2D eigenvalue weighted by atomic mass is 9.80. The van der Waals surface area contributed by atoms with Gasteiger partial charge in [0.1, 0.15) is 0 Å². The number of rotatable bonds is 3. The Morgan fingerprint density at radius 2 is 2.11 bits per heavy atom. The molecule has 18 heavy (non-hydrogen) atoms. The number of hydrazone groups is 1. The van der Waals surface area contributed by atoms with Crippen LogP contribution in [0.5, 0.6) is 0 Å². The van der Waals surface area contributed by atoms with Gasteiger partial charge in [0.25, 0.3) is 0 Å². The molecule has 94 valence electrons. The number of nitrogens with zero attached hydrogens (tertiary/aromatic N) is 1. The molecule has 2 saturated carbocycles. The molecule has 0 bridgehead atoms. The van der Waals surface area contributed by atoms with E-state index in [1.807, 2.05) is 12.1 Å². The molecule has 1 aromatic rings. The maximum absolute atomic E-state index is 11.8. The molecular weight excluding hydrogens is 248 g/mol. The molecule has 3 nitrogen and oxygen atoms in total. The first-order valence-corrected chi connectivity index (χ1v) is 6.66. The van der Waals surface area contributed by atoms with Gasteiger partial charge in [0.2, 0.25) is 5.91 Å². The van der Waals surface area contributed by atoms with Crippen molar-refractivity contribution in [2.24, 2.45) is 16.4 Å². The Morgan fingerprint density at radius 3 is 2.67 bits per heavy atom. The van der Waals surface area contributed by atoms with E-state index in [4.69, 9.17) is 11.6 Å². The zero-order chi connectivity index (χ0) is 12.6. The molecule has 0 heterocycles. The minimum atomic E-state index is 0.0694. The molecule has 0 aliphatic heterocycles. The maximum Gasteiger partial charge on any atom is 0.243 e. The van der Waals surface area contributed by atoms with Gasteiger partial charge in [-0.05, 0) is 42.4 Å². The van der Waals surface area contributed by atoms with Crippen LogP contribution < -0.4 is 5.43 Å². The highest BCUT2D eigenvalue weighted by atomic mass is 35.5. The van der Waals surface area contributed by atoms with Crippen molar-refractivity contribution < 1.29 is 4.79 Å². The largest absolute Gasteiger partial charge is 0.273 e. The van der Waals surface area contributed by atoms with Gasteiger partial charge in [-0.3, -0.25) is 4.79 Å². The third kappa shape index (κ3) is 2.15. The Labute approximate surface area is 111 Å². The lowest BCUT2D eigenvalue weighted by Crippen LogP contribution is -2.26. The van der Waals surface area contributed by atoms with Crippen molar-refractivity contribution in [3.05, 3.63) is 34.9 Å². The van der Waals surface area contributed by atoms with Crippen LogP contribution in [0.2, 0.25) is 5.02 Å². The summed E-state index contributed by atoms with van der Waals surface area (Å²) >= 11 is 5.79. The van der Waals surface area contributed by atoms with Gasteiger partial charge in [-0.15, -0.1) is 0 Å². The van der Waals surface area contributed by atoms with Crippen LogP contribution in [-0.2, 0) is 4.79 Å². The van der Waals surface area contributed by atoms with Crippen LogP contribution in [0, 0.1) is 11.3 Å². The highest BCUT2D eigenvalue weighted by Gasteiger charge is 2.60. The number of benzene rings is 1. The van der Waals surface area contributed by atoms with E-state index in [-0.39, 0.29) is 11.8 Å². The highest BCUT2D eigenvalue weighted by Crippen LogP contribution is 2.65. The van der Waals surface area contributed by atoms with Crippen molar-refractivity contribution in [3.8, 4) is 0 Å². The van der Waals surface area contributed by atoms with Gasteiger partial charge in [0, 0.05) is 10.9 Å². The van der Waals surface area contributed by atoms with Crippen molar-refractivity contribution in [2.45, 2.75) is 25.7 Å². The third-order valence-electron chi connectivity index (χ3n) is 4.11. The molecule has 1 amide bonds. The Hall–Kier alpha value is -1.35. The zero-order valence-corrected chi connectivity index (χ0v) is 10.8. The number of carbonyl (C=O) groups excluding carboxylic acids is 1. The van der Waals surface area contributed by atoms with E-state index in [2.05, 4.69) is 10.5 Å². The van der Waals surface area contributed by atoms with E-state index in [0.29, 0.717) is 10.4 Å². The van der Waals surface area contributed by atoms with Crippen LogP contribution in [0.1, 0.15) is 31.2 Å². The topological polar surface area (TPSA) is 41.5 Å². The molecule has 0 saturated heterocycles. The van der Waals surface area contributed by atoms with Crippen molar-refractivity contribution in [3.63, 3.8) is 0 Å². The number of hydrogen-bond acceptors (Lipinski definition) is 2. The van der Waals surface area contributed by atoms with E-state index in [1.54, 1.807) is 18.3 Å². The van der Waals surface area contributed by atoms with Gasteiger partial charge in [0.15, 0.2) is 0 Å². The standard InChI is InChI=1S/C14H15ClN2O/c15-11-4-2-10(3-5-11)9-16-17-13(18)12-8-14(12)6-1-7-14/h2-5,9,12H,1,6-8H2,(H,17,18)/b16-9-/t12-/m1/s1. The third-order valence-corrected chi connectivity index (χ3v) is 4.37. The second kappa shape index (κ2) is 4.39. The molecule has 0 unspecified atom stereocenters. The summed E-state index contributed by atoms with van der Waals surface area (Å²) < 4.78 is 0. The number of carbonyl (C=O) groups is 1. The van der Waals surface area contributed by atoms with Gasteiger partial charge in [-0.1, -0.05) is 30.2 Å². The summed E-state index contributed by atoms with van der Waals surface area (Å²) in [7, 11) is 0. The number of halogens is 1. The molecule has 4 heteroatoms. The number of amides is 1. The van der Waals surface area contributed by atoms with Crippen molar-refractivity contribution in [1.82, 2.24) is 5.43 Å². The van der Waals surface area contributed by atoms with E-state index >= 15 is 0 Å². The van der Waals surface area contributed by atoms with E-state index in [1.165, 1.54) is 19.3 Å². The van der Waals surface area contributed by atoms with Crippen molar-refractivity contribution >= 4 is 23.7 Å². The summed E-state index contributed by atoms with van der Waals surface area (Å²) in [5.41, 5.74) is 3.91. The smallest absolute Gasteiger partial charge is 0.243 e. The molecule has 1 atom stereocenters. The van der Waals surface area contributed by atoms with Gasteiger partial charge in [-0.2, -0.15) is 5.10 Å². The first-order valence-electron chi connectivity index (χ1n) is 6.28. The average molecular weight is 263 g/mol. The van der Waals surface area contributed by atoms with E-state index < -0.39 is 0 Å². The molecule has 1 spiro atoms. The molecule has 2 aliphatic carbocycles. The Kier molecular flexibility index (Phi) is 2.86. The summed E-state index contributed by atoms with van der Waals surface area (Å²) in [6.07, 6.45) is 6.40. The fraction of sp³-hybridized carbons (Fsp3) is 0.429. The molecular formula is C14H15ClN2O. The first kappa shape index (κ1) is 11.7. The molecule has 1 aromatic carbocycles. The summed E-state index contributed by atoms with van der Waals surface area (Å²) in [6.45, 7) is 0. The second-order valence-electron chi connectivity index (χ2n) is 5.26. The Bertz CT molecular complexity index is 491. The lowest BCUT2D eigenvalue weighted by Gasteiger charge is -2.25. The number of nitrogens with one attached hydrogen (secondary N) is 1. The minimum absolute atomic E-state index is 0.0694. The summed E-state index contributed by atoms with van der Waals surface area (Å²) in [5, 5.41) is 4.68. The van der Waals surface area contributed by atoms with Gasteiger partial charge in [0.05, 0.1) is 6.21 Å². The zero-order valence-electron chi connectivity index (χ0n) is 10.0. The summed E-state index contributed by atoms with van der Waals surface area (Å²) in [4.78, 5) is 11.8. The monoisotopic (exact) mass is 262 g/mol. The van der Waals surface area contributed by atoms with Crippen LogP contribution in [0.3, 0.4) is 0 Å². The highest BCUT2D eigenvalue weighted by molar-refractivity contribution is 6.30. The second-order valence-corrected chi connectivity index (χ2v) is 5.69. The van der Waals surface area contributed by atoms with E-state index in [0.717, 1.165) is 12.0 Å². The lowest BCUT2D eigenvalue weighted by molar-refractivity contribution is -0.123. The van der Waals surface area contributed by atoms with Crippen LogP contribution in [0.4, 0.5) is 0 Å². The Morgan fingerprint density at radius 1 is 1.39 bits per heavy atom. The Balaban J connectivity index is 1.52. The number of hydrogen-bond donors (Lipinski definition) is 1. The first-order chi connectivity index (χ1) is 8.70. The SMILES string of the molecule is O=C(N/N=C\c1ccc(Cl)cc1)[C@H]1CC12CCC2. The van der Waals surface area contributed by atoms with Crippen LogP contribution in [0.15, 0.2) is 29.4 Å². The van der Waals surface area contributed by atoms with Gasteiger partial charge >= 0.3 is 0 Å². The average Bonchev–Trinajstić information content (AvgIpc) is 3.07. The minimum Gasteiger partial charge on any atom is -0.273 e. The molecule has 2 fully saturated rings. The van der Waals surface area contributed by atoms with Crippen LogP contribution in [-0.4, -0.2) is 12.1 Å². The van der Waals surface area contributed by atoms with Crippen LogP contribution >= 0.6 is 11.6 Å². The normalized spacial score (nSPS) is 23.9. The molecule has 1 N–H and O–H groups in total. The molecule has 3 rings (SSSR count). The predicted octanol–water partition coefficient (Wildman–Crippen LogP) is 2.98. The summed E-state index contributed by atoms with van der Waals surface area (Å²) in [5.74, 6) is 0.272. The fourth-order valence-electron chi connectivity index (χ4n) is 2.70. The van der Waals surface area contributed by atoms with Crippen LogP contribution in [0.25, 0.3) is 0 Å². The van der Waals surface area contributed by atoms with E-state index in [9.17, 15) is 4.79 Å². The van der Waals surface area contributed by atoms with Gasteiger partial charge in [-0.25, -0.2) is 5.43 Å².